The van der Waals surface area contributed by atoms with E-state index in [0.717, 1.165) is 28.0 Å². The standard InChI is InChI=1S/C22H24N6O2/c1-14(2)12-18(21-24-17-10-6-7-11-19(17)27(21)3)23-20(29)13-28-22(30)15-8-4-5-9-16(15)25-26-28/h4-11,14,18H,12-13H2,1-3H3,(H,23,29). The summed E-state index contributed by atoms with van der Waals surface area (Å²) in [6.45, 7) is 4.00. The number of rotatable bonds is 6. The number of imidazole rings is 1. The highest BCUT2D eigenvalue weighted by Gasteiger charge is 2.22. The van der Waals surface area contributed by atoms with Crippen molar-refractivity contribution in [2.24, 2.45) is 13.0 Å². The fourth-order valence-corrected chi connectivity index (χ4v) is 3.68. The van der Waals surface area contributed by atoms with Crippen LogP contribution < -0.4 is 10.9 Å². The van der Waals surface area contributed by atoms with E-state index in [4.69, 9.17) is 4.98 Å². The summed E-state index contributed by atoms with van der Waals surface area (Å²) in [6, 6.07) is 14.6. The van der Waals surface area contributed by atoms with Gasteiger partial charge < -0.3 is 9.88 Å². The van der Waals surface area contributed by atoms with Crippen LogP contribution in [0.3, 0.4) is 0 Å². The molecule has 2 heterocycles. The van der Waals surface area contributed by atoms with Crippen molar-refractivity contribution in [1.29, 1.82) is 0 Å². The normalized spacial score (nSPS) is 12.5. The van der Waals surface area contributed by atoms with E-state index < -0.39 is 0 Å². The van der Waals surface area contributed by atoms with Gasteiger partial charge in [-0.15, -0.1) is 5.10 Å². The summed E-state index contributed by atoms with van der Waals surface area (Å²) in [5, 5.41) is 11.4. The molecule has 8 nitrogen and oxygen atoms in total. The van der Waals surface area contributed by atoms with Gasteiger partial charge in [0.1, 0.15) is 17.9 Å². The second kappa shape index (κ2) is 8.06. The first-order valence-corrected chi connectivity index (χ1v) is 9.97. The Morgan fingerprint density at radius 3 is 2.50 bits per heavy atom. The summed E-state index contributed by atoms with van der Waals surface area (Å²) < 4.78 is 3.10. The monoisotopic (exact) mass is 404 g/mol. The zero-order valence-corrected chi connectivity index (χ0v) is 17.2. The molecule has 154 valence electrons. The molecule has 1 N–H and O–H groups in total. The van der Waals surface area contributed by atoms with Gasteiger partial charge in [0.05, 0.1) is 22.5 Å². The second-order valence-electron chi connectivity index (χ2n) is 7.84. The van der Waals surface area contributed by atoms with Gasteiger partial charge in [-0.05, 0) is 36.6 Å². The summed E-state index contributed by atoms with van der Waals surface area (Å²) in [7, 11) is 1.95. The van der Waals surface area contributed by atoms with Crippen LogP contribution in [0.2, 0.25) is 0 Å². The van der Waals surface area contributed by atoms with Crippen LogP contribution in [0.5, 0.6) is 0 Å². The molecular weight excluding hydrogens is 380 g/mol. The SMILES string of the molecule is CC(C)CC(NC(=O)Cn1nnc2ccccc2c1=O)c1nc2ccccc2n1C. The van der Waals surface area contributed by atoms with Gasteiger partial charge in [-0.1, -0.05) is 43.3 Å². The van der Waals surface area contributed by atoms with Crippen molar-refractivity contribution in [2.45, 2.75) is 32.9 Å². The number of carbonyl (C=O) groups is 1. The number of para-hydroxylation sites is 2. The Labute approximate surface area is 173 Å². The first-order chi connectivity index (χ1) is 14.4. The number of amides is 1. The lowest BCUT2D eigenvalue weighted by Crippen LogP contribution is -2.37. The molecule has 0 spiro atoms. The van der Waals surface area contributed by atoms with Crippen LogP contribution in [0.4, 0.5) is 0 Å². The lowest BCUT2D eigenvalue weighted by atomic mass is 10.0. The van der Waals surface area contributed by atoms with E-state index in [1.54, 1.807) is 24.3 Å². The number of nitrogens with zero attached hydrogens (tertiary/aromatic N) is 5. The molecule has 0 aliphatic heterocycles. The van der Waals surface area contributed by atoms with Gasteiger partial charge >= 0.3 is 0 Å². The van der Waals surface area contributed by atoms with Crippen molar-refractivity contribution in [1.82, 2.24) is 29.9 Å². The molecule has 1 amide bonds. The molecule has 0 bridgehead atoms. The van der Waals surface area contributed by atoms with E-state index in [0.29, 0.717) is 16.8 Å². The van der Waals surface area contributed by atoms with E-state index >= 15 is 0 Å². The van der Waals surface area contributed by atoms with E-state index in [1.807, 2.05) is 35.9 Å². The molecule has 1 atom stereocenters. The van der Waals surface area contributed by atoms with Crippen molar-refractivity contribution >= 4 is 27.8 Å². The molecule has 0 saturated carbocycles. The van der Waals surface area contributed by atoms with E-state index in [1.165, 1.54) is 0 Å². The average molecular weight is 404 g/mol. The molecule has 0 aliphatic carbocycles. The van der Waals surface area contributed by atoms with Crippen LogP contribution in [0.15, 0.2) is 53.3 Å². The van der Waals surface area contributed by atoms with Gasteiger partial charge in [0.25, 0.3) is 5.56 Å². The molecule has 0 saturated heterocycles. The summed E-state index contributed by atoms with van der Waals surface area (Å²) in [5.41, 5.74) is 2.07. The third-order valence-corrected chi connectivity index (χ3v) is 5.10. The molecule has 4 aromatic rings. The van der Waals surface area contributed by atoms with Crippen LogP contribution in [-0.4, -0.2) is 30.5 Å². The Morgan fingerprint density at radius 2 is 1.77 bits per heavy atom. The van der Waals surface area contributed by atoms with Gasteiger partial charge in [-0.25, -0.2) is 9.67 Å². The Morgan fingerprint density at radius 1 is 1.07 bits per heavy atom. The summed E-state index contributed by atoms with van der Waals surface area (Å²) >= 11 is 0. The third kappa shape index (κ3) is 3.80. The summed E-state index contributed by atoms with van der Waals surface area (Å²) in [6.07, 6.45) is 0.723. The predicted molar refractivity (Wildman–Crippen MR) is 115 cm³/mol. The molecule has 8 heteroatoms. The maximum atomic E-state index is 12.8. The molecular formula is C22H24N6O2. The number of carbonyl (C=O) groups excluding carboxylic acids is 1. The highest BCUT2D eigenvalue weighted by molar-refractivity contribution is 5.79. The Balaban J connectivity index is 1.60. The number of fused-ring (bicyclic) bond motifs is 2. The van der Waals surface area contributed by atoms with Crippen LogP contribution in [-0.2, 0) is 18.4 Å². The minimum Gasteiger partial charge on any atom is -0.345 e. The lowest BCUT2D eigenvalue weighted by Gasteiger charge is -2.20. The minimum atomic E-state index is -0.334. The molecule has 30 heavy (non-hydrogen) atoms. The largest absolute Gasteiger partial charge is 0.345 e. The molecule has 4 rings (SSSR count). The van der Waals surface area contributed by atoms with Crippen molar-refractivity contribution < 1.29 is 4.79 Å². The quantitative estimate of drug-likeness (QED) is 0.533. The molecule has 1 unspecified atom stereocenters. The zero-order chi connectivity index (χ0) is 21.3. The molecule has 0 radical (unpaired) electrons. The van der Waals surface area contributed by atoms with E-state index in [2.05, 4.69) is 29.5 Å². The van der Waals surface area contributed by atoms with Crippen molar-refractivity contribution in [3.63, 3.8) is 0 Å². The molecule has 0 aliphatic rings. The highest BCUT2D eigenvalue weighted by atomic mass is 16.2. The summed E-state index contributed by atoms with van der Waals surface area (Å²) in [5.74, 6) is 0.827. The van der Waals surface area contributed by atoms with Crippen LogP contribution >= 0.6 is 0 Å². The van der Waals surface area contributed by atoms with Gasteiger partial charge in [0.15, 0.2) is 0 Å². The minimum absolute atomic E-state index is 0.199. The smallest absolute Gasteiger partial charge is 0.278 e. The predicted octanol–water partition coefficient (Wildman–Crippen LogP) is 2.58. The Kier molecular flexibility index (Phi) is 5.31. The van der Waals surface area contributed by atoms with E-state index in [9.17, 15) is 9.59 Å². The topological polar surface area (TPSA) is 94.7 Å². The number of aryl methyl sites for hydroxylation is 1. The number of aromatic nitrogens is 5. The maximum absolute atomic E-state index is 12.8. The number of hydrogen-bond donors (Lipinski definition) is 1. The number of nitrogens with one attached hydrogen (secondary N) is 1. The van der Waals surface area contributed by atoms with Crippen molar-refractivity contribution in [3.05, 3.63) is 64.7 Å². The van der Waals surface area contributed by atoms with Crippen LogP contribution in [0.1, 0.15) is 32.1 Å². The maximum Gasteiger partial charge on any atom is 0.278 e. The lowest BCUT2D eigenvalue weighted by molar-refractivity contribution is -0.122. The van der Waals surface area contributed by atoms with Gasteiger partial charge in [-0.3, -0.25) is 9.59 Å². The van der Waals surface area contributed by atoms with E-state index in [-0.39, 0.29) is 24.1 Å². The van der Waals surface area contributed by atoms with Crippen molar-refractivity contribution in [3.8, 4) is 0 Å². The molecule has 2 aromatic carbocycles. The Hall–Kier alpha value is -3.55. The third-order valence-electron chi connectivity index (χ3n) is 5.10. The summed E-state index contributed by atoms with van der Waals surface area (Å²) in [4.78, 5) is 30.2. The number of benzene rings is 2. The molecule has 0 fully saturated rings. The first-order valence-electron chi connectivity index (χ1n) is 9.97. The van der Waals surface area contributed by atoms with Gasteiger partial charge in [0.2, 0.25) is 5.91 Å². The van der Waals surface area contributed by atoms with Crippen LogP contribution in [0, 0.1) is 5.92 Å². The first kappa shape index (κ1) is 19.8. The number of hydrogen-bond acceptors (Lipinski definition) is 5. The second-order valence-corrected chi connectivity index (χ2v) is 7.84. The fourth-order valence-electron chi connectivity index (χ4n) is 3.68. The van der Waals surface area contributed by atoms with Gasteiger partial charge in [0, 0.05) is 7.05 Å². The highest BCUT2D eigenvalue weighted by Crippen LogP contribution is 2.24. The average Bonchev–Trinajstić information content (AvgIpc) is 3.06. The Bertz CT molecular complexity index is 1270. The zero-order valence-electron chi connectivity index (χ0n) is 17.2. The van der Waals surface area contributed by atoms with Gasteiger partial charge in [-0.2, -0.15) is 0 Å². The van der Waals surface area contributed by atoms with Crippen molar-refractivity contribution in [2.75, 3.05) is 0 Å². The van der Waals surface area contributed by atoms with Crippen LogP contribution in [0.25, 0.3) is 21.9 Å². The molecule has 2 aromatic heterocycles. The fraction of sp³-hybridized carbons (Fsp3) is 0.318.